The quantitative estimate of drug-likeness (QED) is 0.702. The summed E-state index contributed by atoms with van der Waals surface area (Å²) in [5.74, 6) is 0. The molecule has 1 aliphatic carbocycles. The van der Waals surface area contributed by atoms with E-state index >= 15 is 0 Å². The van der Waals surface area contributed by atoms with Gasteiger partial charge >= 0.3 is 6.09 Å². The molecule has 4 nitrogen and oxygen atoms in total. The molecule has 0 radical (unpaired) electrons. The van der Waals surface area contributed by atoms with Gasteiger partial charge in [0.15, 0.2) is 0 Å². The fraction of sp³-hybridized carbons (Fsp3) is 0.889. The molecule has 2 N–H and O–H groups in total. The lowest BCUT2D eigenvalue weighted by Crippen LogP contribution is -2.47. The molecule has 0 aromatic heterocycles. The second-order valence-electron chi connectivity index (χ2n) is 4.19. The molecule has 74 valence electrons. The Labute approximate surface area is 78.0 Å². The summed E-state index contributed by atoms with van der Waals surface area (Å²) in [5, 5.41) is 0. The van der Waals surface area contributed by atoms with E-state index in [1.54, 1.807) is 0 Å². The summed E-state index contributed by atoms with van der Waals surface area (Å²) in [7, 11) is 0. The van der Waals surface area contributed by atoms with E-state index < -0.39 is 0 Å². The van der Waals surface area contributed by atoms with Crippen LogP contribution < -0.4 is 5.73 Å². The number of carbonyl (C=O) groups excluding carboxylic acids is 1. The largest absolute Gasteiger partial charge is 0.447 e. The van der Waals surface area contributed by atoms with Gasteiger partial charge in [-0.15, -0.1) is 0 Å². The minimum atomic E-state index is -0.154. The second-order valence-corrected chi connectivity index (χ2v) is 4.19. The first kappa shape index (κ1) is 8.81. The van der Waals surface area contributed by atoms with Crippen LogP contribution in [0.5, 0.6) is 0 Å². The van der Waals surface area contributed by atoms with Crippen LogP contribution in [-0.4, -0.2) is 35.7 Å². The van der Waals surface area contributed by atoms with Crippen LogP contribution in [0.1, 0.15) is 26.2 Å². The number of amides is 1. The van der Waals surface area contributed by atoms with Crippen molar-refractivity contribution in [1.29, 1.82) is 0 Å². The first-order chi connectivity index (χ1) is 6.17. The van der Waals surface area contributed by atoms with Gasteiger partial charge in [0.2, 0.25) is 0 Å². The summed E-state index contributed by atoms with van der Waals surface area (Å²) in [6.07, 6.45) is 2.91. The van der Waals surface area contributed by atoms with Crippen LogP contribution in [-0.2, 0) is 4.74 Å². The molecule has 1 heterocycles. The number of rotatable bonds is 3. The molecule has 0 bridgehead atoms. The van der Waals surface area contributed by atoms with Gasteiger partial charge in [0.05, 0.1) is 5.54 Å². The van der Waals surface area contributed by atoms with Gasteiger partial charge in [-0.05, 0) is 32.7 Å². The van der Waals surface area contributed by atoms with E-state index in [4.69, 9.17) is 10.5 Å². The maximum atomic E-state index is 11.4. The third kappa shape index (κ3) is 1.39. The molecular weight excluding hydrogens is 168 g/mol. The highest BCUT2D eigenvalue weighted by atomic mass is 16.6. The Morgan fingerprint density at radius 1 is 1.69 bits per heavy atom. The molecular formula is C9H16N2O2. The number of nitrogens with two attached hydrogens (primary N) is 1. The number of hydrogen-bond donors (Lipinski definition) is 1. The molecule has 1 unspecified atom stereocenters. The fourth-order valence-corrected chi connectivity index (χ4v) is 2.00. The maximum absolute atomic E-state index is 11.4. The van der Waals surface area contributed by atoms with Gasteiger partial charge in [0, 0.05) is 6.04 Å². The highest BCUT2D eigenvalue weighted by molar-refractivity contribution is 5.72. The van der Waals surface area contributed by atoms with E-state index in [9.17, 15) is 4.79 Å². The van der Waals surface area contributed by atoms with Crippen molar-refractivity contribution >= 4 is 6.09 Å². The molecule has 0 spiro atoms. The van der Waals surface area contributed by atoms with Gasteiger partial charge < -0.3 is 10.5 Å². The third-order valence-corrected chi connectivity index (χ3v) is 2.88. The van der Waals surface area contributed by atoms with Crippen LogP contribution in [0.2, 0.25) is 0 Å². The molecule has 0 aromatic carbocycles. The van der Waals surface area contributed by atoms with Crippen molar-refractivity contribution in [2.24, 2.45) is 5.73 Å². The topological polar surface area (TPSA) is 55.6 Å². The van der Waals surface area contributed by atoms with Crippen LogP contribution in [0.4, 0.5) is 4.79 Å². The molecule has 0 aromatic rings. The number of hydrogen-bond acceptors (Lipinski definition) is 3. The van der Waals surface area contributed by atoms with Crippen LogP contribution in [0.25, 0.3) is 0 Å². The summed E-state index contributed by atoms with van der Waals surface area (Å²) in [5.41, 5.74) is 5.38. The number of carbonyl (C=O) groups is 1. The third-order valence-electron chi connectivity index (χ3n) is 2.88. The van der Waals surface area contributed by atoms with Gasteiger partial charge in [0.1, 0.15) is 6.61 Å². The molecule has 1 aliphatic heterocycles. The minimum Gasteiger partial charge on any atom is -0.447 e. The SMILES string of the molecule is CC1(CCN)COC(=O)N1C1CC1. The average Bonchev–Trinajstić information content (AvgIpc) is 2.82. The van der Waals surface area contributed by atoms with Crippen molar-refractivity contribution in [3.05, 3.63) is 0 Å². The van der Waals surface area contributed by atoms with E-state index in [1.807, 2.05) is 4.90 Å². The van der Waals surface area contributed by atoms with Crippen molar-refractivity contribution in [3.63, 3.8) is 0 Å². The van der Waals surface area contributed by atoms with Crippen LogP contribution in [0, 0.1) is 0 Å². The van der Waals surface area contributed by atoms with E-state index in [0.717, 1.165) is 19.3 Å². The first-order valence-electron chi connectivity index (χ1n) is 4.83. The lowest BCUT2D eigenvalue weighted by atomic mass is 9.98. The summed E-state index contributed by atoms with van der Waals surface area (Å²) < 4.78 is 5.07. The van der Waals surface area contributed by atoms with E-state index in [-0.39, 0.29) is 11.6 Å². The first-order valence-corrected chi connectivity index (χ1v) is 4.83. The Morgan fingerprint density at radius 2 is 2.38 bits per heavy atom. The van der Waals surface area contributed by atoms with Gasteiger partial charge in [-0.3, -0.25) is 4.90 Å². The number of cyclic esters (lactones) is 1. The molecule has 2 fully saturated rings. The normalized spacial score (nSPS) is 33.7. The lowest BCUT2D eigenvalue weighted by molar-refractivity contribution is 0.148. The molecule has 4 heteroatoms. The molecule has 13 heavy (non-hydrogen) atoms. The van der Waals surface area contributed by atoms with Gasteiger partial charge in [0.25, 0.3) is 0 Å². The van der Waals surface area contributed by atoms with Crippen molar-refractivity contribution in [1.82, 2.24) is 4.90 Å². The van der Waals surface area contributed by atoms with Crippen molar-refractivity contribution < 1.29 is 9.53 Å². The minimum absolute atomic E-state index is 0.146. The summed E-state index contributed by atoms with van der Waals surface area (Å²) in [4.78, 5) is 13.3. The summed E-state index contributed by atoms with van der Waals surface area (Å²) in [6, 6.07) is 0.423. The van der Waals surface area contributed by atoms with Gasteiger partial charge in [-0.1, -0.05) is 0 Å². The standard InChI is InChI=1S/C9H16N2O2/c1-9(4-5-10)6-13-8(12)11(9)7-2-3-7/h7H,2-6,10H2,1H3. The number of nitrogens with zero attached hydrogens (tertiary/aromatic N) is 1. The molecule has 1 saturated carbocycles. The average molecular weight is 184 g/mol. The maximum Gasteiger partial charge on any atom is 0.410 e. The predicted octanol–water partition coefficient (Wildman–Crippen LogP) is 0.709. The van der Waals surface area contributed by atoms with Gasteiger partial charge in [-0.25, -0.2) is 4.79 Å². The Kier molecular flexibility index (Phi) is 1.95. The molecule has 1 amide bonds. The Bertz CT molecular complexity index is 228. The highest BCUT2D eigenvalue weighted by Crippen LogP contribution is 2.38. The highest BCUT2D eigenvalue weighted by Gasteiger charge is 2.49. The van der Waals surface area contributed by atoms with E-state index in [1.165, 1.54) is 0 Å². The lowest BCUT2D eigenvalue weighted by Gasteiger charge is -2.31. The smallest absolute Gasteiger partial charge is 0.410 e. The number of ether oxygens (including phenoxy) is 1. The molecule has 2 rings (SSSR count). The van der Waals surface area contributed by atoms with Crippen molar-refractivity contribution in [3.8, 4) is 0 Å². The zero-order valence-corrected chi connectivity index (χ0v) is 7.95. The second kappa shape index (κ2) is 2.87. The Morgan fingerprint density at radius 3 is 2.92 bits per heavy atom. The van der Waals surface area contributed by atoms with Gasteiger partial charge in [-0.2, -0.15) is 0 Å². The van der Waals surface area contributed by atoms with Crippen LogP contribution in [0.15, 0.2) is 0 Å². The Hall–Kier alpha value is -0.770. The Balaban J connectivity index is 2.12. The molecule has 2 aliphatic rings. The molecule has 1 saturated heterocycles. The zero-order chi connectivity index (χ0) is 9.47. The van der Waals surface area contributed by atoms with E-state index in [0.29, 0.717) is 19.2 Å². The fourth-order valence-electron chi connectivity index (χ4n) is 2.00. The predicted molar refractivity (Wildman–Crippen MR) is 48.3 cm³/mol. The van der Waals surface area contributed by atoms with Crippen LogP contribution in [0.3, 0.4) is 0 Å². The molecule has 1 atom stereocenters. The van der Waals surface area contributed by atoms with Crippen molar-refractivity contribution in [2.75, 3.05) is 13.2 Å². The summed E-state index contributed by atoms with van der Waals surface area (Å²) >= 11 is 0. The van der Waals surface area contributed by atoms with Crippen molar-refractivity contribution in [2.45, 2.75) is 37.8 Å². The summed E-state index contributed by atoms with van der Waals surface area (Å²) in [6.45, 7) is 3.17. The van der Waals surface area contributed by atoms with E-state index in [2.05, 4.69) is 6.92 Å². The van der Waals surface area contributed by atoms with Crippen LogP contribution >= 0.6 is 0 Å². The zero-order valence-electron chi connectivity index (χ0n) is 7.95. The monoisotopic (exact) mass is 184 g/mol.